The molecule has 7 nitrogen and oxygen atoms in total. The molecule has 2 aliphatic heterocycles. The van der Waals surface area contributed by atoms with E-state index in [0.717, 1.165) is 11.1 Å². The number of ether oxygens (including phenoxy) is 1. The second-order valence-electron chi connectivity index (χ2n) is 9.24. The first-order valence-corrected chi connectivity index (χ1v) is 11.2. The predicted octanol–water partition coefficient (Wildman–Crippen LogP) is 3.42. The number of rotatable bonds is 6. The summed E-state index contributed by atoms with van der Waals surface area (Å²) in [5.74, 6) is -1.26. The minimum Gasteiger partial charge on any atom is -0.489 e. The number of allylic oxidation sites excluding steroid dienone is 1. The third kappa shape index (κ3) is 2.83. The number of nitrogens with zero attached hydrogens (tertiary/aromatic N) is 1. The van der Waals surface area contributed by atoms with E-state index in [1.165, 1.54) is 4.90 Å². The molecule has 2 aromatic rings. The number of benzene rings is 2. The molecule has 2 N–H and O–H groups in total. The highest BCUT2D eigenvalue weighted by Crippen LogP contribution is 2.54. The van der Waals surface area contributed by atoms with Crippen LogP contribution in [-0.2, 0) is 9.59 Å². The maximum absolute atomic E-state index is 12.8. The third-order valence-electron chi connectivity index (χ3n) is 7.47. The van der Waals surface area contributed by atoms with Crippen LogP contribution in [-0.4, -0.2) is 51.5 Å². The molecule has 0 unspecified atom stereocenters. The molecule has 5 rings (SSSR count). The van der Waals surface area contributed by atoms with Gasteiger partial charge in [-0.15, -0.1) is 0 Å². The highest BCUT2D eigenvalue weighted by Gasteiger charge is 2.67. The SMILES string of the molecule is C[C@H]1C(C=CCOc2cccc3c2-c2ccccc2C3=O)=C(C(=O)O)N2C(=O)[C@](C)([C@@H](C)O)[C@@H]12. The summed E-state index contributed by atoms with van der Waals surface area (Å²) in [4.78, 5) is 38.7. The normalized spacial score (nSPS) is 25.8. The summed E-state index contributed by atoms with van der Waals surface area (Å²) >= 11 is 0. The summed E-state index contributed by atoms with van der Waals surface area (Å²) in [6.07, 6.45) is 2.51. The summed E-state index contributed by atoms with van der Waals surface area (Å²) in [7, 11) is 0. The van der Waals surface area contributed by atoms with Crippen molar-refractivity contribution >= 4 is 17.7 Å². The molecule has 34 heavy (non-hydrogen) atoms. The van der Waals surface area contributed by atoms with Crippen LogP contribution < -0.4 is 4.74 Å². The Labute approximate surface area is 197 Å². The second kappa shape index (κ2) is 7.67. The maximum atomic E-state index is 12.8. The monoisotopic (exact) mass is 459 g/mol. The number of carboxylic acid groups (broad SMARTS) is 1. The van der Waals surface area contributed by atoms with Gasteiger partial charge in [0.15, 0.2) is 5.78 Å². The molecule has 1 amide bonds. The number of β-lactam (4-membered cyclic amide) rings is 1. The van der Waals surface area contributed by atoms with E-state index in [1.807, 2.05) is 25.1 Å². The van der Waals surface area contributed by atoms with Gasteiger partial charge in [-0.2, -0.15) is 0 Å². The molecule has 4 atom stereocenters. The Hall–Kier alpha value is -3.71. The van der Waals surface area contributed by atoms with E-state index >= 15 is 0 Å². The number of hydrogen-bond donors (Lipinski definition) is 2. The number of aliphatic hydroxyl groups excluding tert-OH is 1. The number of fused-ring (bicyclic) bond motifs is 4. The number of aliphatic hydroxyl groups is 1. The van der Waals surface area contributed by atoms with Crippen LogP contribution in [0.1, 0.15) is 36.7 Å². The van der Waals surface area contributed by atoms with Gasteiger partial charge < -0.3 is 19.8 Å². The van der Waals surface area contributed by atoms with Gasteiger partial charge in [-0.3, -0.25) is 9.59 Å². The van der Waals surface area contributed by atoms with Gasteiger partial charge >= 0.3 is 5.97 Å². The maximum Gasteiger partial charge on any atom is 0.352 e. The summed E-state index contributed by atoms with van der Waals surface area (Å²) in [6.45, 7) is 5.27. The van der Waals surface area contributed by atoms with E-state index in [1.54, 1.807) is 50.3 Å². The minimum absolute atomic E-state index is 0.0296. The lowest BCUT2D eigenvalue weighted by Gasteiger charge is -2.54. The number of aliphatic carboxylic acids is 1. The highest BCUT2D eigenvalue weighted by molar-refractivity contribution is 6.22. The molecule has 0 saturated carbocycles. The Kier molecular flexibility index (Phi) is 4.98. The van der Waals surface area contributed by atoms with E-state index in [0.29, 0.717) is 22.4 Å². The minimum atomic E-state index is -1.17. The first-order chi connectivity index (χ1) is 16.2. The number of amides is 1. The molecule has 3 aliphatic rings. The second-order valence-corrected chi connectivity index (χ2v) is 9.24. The predicted molar refractivity (Wildman–Crippen MR) is 124 cm³/mol. The van der Waals surface area contributed by atoms with Gasteiger partial charge in [0.2, 0.25) is 5.91 Å². The average Bonchev–Trinajstić information content (AvgIpc) is 3.27. The fourth-order valence-electron chi connectivity index (χ4n) is 5.58. The molecule has 0 aromatic heterocycles. The molecule has 2 heterocycles. The first-order valence-electron chi connectivity index (χ1n) is 11.2. The first kappa shape index (κ1) is 22.1. The molecule has 0 spiro atoms. The summed E-state index contributed by atoms with van der Waals surface area (Å²) in [5.41, 5.74) is 2.31. The lowest BCUT2D eigenvalue weighted by atomic mass is 9.65. The Morgan fingerprint density at radius 1 is 1.15 bits per heavy atom. The van der Waals surface area contributed by atoms with Crippen molar-refractivity contribution in [3.8, 4) is 16.9 Å². The van der Waals surface area contributed by atoms with Gasteiger partial charge in [0.25, 0.3) is 0 Å². The number of ketones is 1. The van der Waals surface area contributed by atoms with Crippen LogP contribution in [0.4, 0.5) is 0 Å². The topological polar surface area (TPSA) is 104 Å². The van der Waals surface area contributed by atoms with Gasteiger partial charge in [-0.25, -0.2) is 4.79 Å². The molecule has 7 heteroatoms. The summed E-state index contributed by atoms with van der Waals surface area (Å²) in [6, 6.07) is 12.4. The lowest BCUT2D eigenvalue weighted by molar-refractivity contribution is -0.181. The molecule has 1 aliphatic carbocycles. The molecule has 0 radical (unpaired) electrons. The average molecular weight is 459 g/mol. The van der Waals surface area contributed by atoms with Crippen molar-refractivity contribution in [2.24, 2.45) is 11.3 Å². The quantitative estimate of drug-likeness (QED) is 0.548. The van der Waals surface area contributed by atoms with Crippen molar-refractivity contribution < 1.29 is 29.3 Å². The summed E-state index contributed by atoms with van der Waals surface area (Å²) in [5, 5.41) is 20.0. The van der Waals surface area contributed by atoms with Gasteiger partial charge in [-0.1, -0.05) is 49.4 Å². The Morgan fingerprint density at radius 2 is 1.82 bits per heavy atom. The molecular weight excluding hydrogens is 434 g/mol. The Bertz CT molecular complexity index is 1310. The van der Waals surface area contributed by atoms with E-state index in [4.69, 9.17) is 4.74 Å². The zero-order chi connectivity index (χ0) is 24.4. The van der Waals surface area contributed by atoms with Crippen LogP contribution in [0.3, 0.4) is 0 Å². The molecule has 1 fully saturated rings. The third-order valence-corrected chi connectivity index (χ3v) is 7.47. The fraction of sp³-hybridized carbons (Fsp3) is 0.296. The number of carboxylic acids is 1. The van der Waals surface area contributed by atoms with Gasteiger partial charge in [0.05, 0.1) is 17.6 Å². The molecule has 2 aromatic carbocycles. The van der Waals surface area contributed by atoms with Gasteiger partial charge in [0, 0.05) is 22.6 Å². The van der Waals surface area contributed by atoms with E-state index in [-0.39, 0.29) is 29.9 Å². The van der Waals surface area contributed by atoms with Crippen molar-refractivity contribution in [1.29, 1.82) is 0 Å². The summed E-state index contributed by atoms with van der Waals surface area (Å²) < 4.78 is 5.98. The Balaban J connectivity index is 1.39. The fourth-order valence-corrected chi connectivity index (χ4v) is 5.58. The smallest absolute Gasteiger partial charge is 0.352 e. The van der Waals surface area contributed by atoms with Crippen molar-refractivity contribution in [1.82, 2.24) is 4.90 Å². The molecule has 0 bridgehead atoms. The van der Waals surface area contributed by atoms with Crippen LogP contribution in [0.2, 0.25) is 0 Å². The zero-order valence-electron chi connectivity index (χ0n) is 19.1. The molecule has 174 valence electrons. The van der Waals surface area contributed by atoms with E-state index < -0.39 is 23.5 Å². The van der Waals surface area contributed by atoms with E-state index in [2.05, 4.69) is 0 Å². The number of hydrogen-bond acceptors (Lipinski definition) is 5. The van der Waals surface area contributed by atoms with Crippen molar-refractivity contribution in [3.05, 3.63) is 77.0 Å². The largest absolute Gasteiger partial charge is 0.489 e. The molecular formula is C27H25NO6. The highest BCUT2D eigenvalue weighted by atomic mass is 16.5. The van der Waals surface area contributed by atoms with Crippen molar-refractivity contribution in [2.75, 3.05) is 6.61 Å². The van der Waals surface area contributed by atoms with E-state index in [9.17, 15) is 24.6 Å². The van der Waals surface area contributed by atoms with Crippen LogP contribution in [0.25, 0.3) is 11.1 Å². The van der Waals surface area contributed by atoms with Crippen molar-refractivity contribution in [3.63, 3.8) is 0 Å². The number of carbonyl (C=O) groups is 3. The zero-order valence-corrected chi connectivity index (χ0v) is 19.1. The Morgan fingerprint density at radius 3 is 2.50 bits per heavy atom. The van der Waals surface area contributed by atoms with Gasteiger partial charge in [0.1, 0.15) is 18.1 Å². The van der Waals surface area contributed by atoms with Crippen LogP contribution in [0.15, 0.2) is 65.9 Å². The van der Waals surface area contributed by atoms with Gasteiger partial charge in [-0.05, 0) is 37.1 Å². The molecule has 1 saturated heterocycles. The standard InChI is InChI=1S/C27H25NO6/c1-14-16(22(25(31)32)28-24(14)27(3,15(2)29)26(28)33)11-7-13-34-20-12-6-10-19-21(20)17-8-4-5-9-18(17)23(19)30/h4-12,14-15,24,29H,13H2,1-3H3,(H,31,32)/t14-,15+,24+,27+/m0/s1. The van der Waals surface area contributed by atoms with Crippen molar-refractivity contribution in [2.45, 2.75) is 32.9 Å². The lowest BCUT2D eigenvalue weighted by Crippen LogP contribution is -2.70. The van der Waals surface area contributed by atoms with Crippen LogP contribution in [0.5, 0.6) is 5.75 Å². The van der Waals surface area contributed by atoms with Crippen LogP contribution in [0, 0.1) is 11.3 Å². The van der Waals surface area contributed by atoms with Crippen LogP contribution >= 0.6 is 0 Å². The number of carbonyl (C=O) groups excluding carboxylic acids is 2.